The van der Waals surface area contributed by atoms with E-state index in [9.17, 15) is 9.59 Å². The van der Waals surface area contributed by atoms with Crippen LogP contribution >= 0.6 is 0 Å². The molecule has 0 aromatic carbocycles. The second-order valence-electron chi connectivity index (χ2n) is 4.42. The van der Waals surface area contributed by atoms with E-state index in [1.54, 1.807) is 48.0 Å². The highest BCUT2D eigenvalue weighted by Crippen LogP contribution is 2.08. The van der Waals surface area contributed by atoms with Gasteiger partial charge < -0.3 is 9.13 Å². The molecule has 6 heteroatoms. The fraction of sp³-hybridized carbons (Fsp3) is 0.385. The molecule has 0 amide bonds. The maximum absolute atomic E-state index is 11.8. The van der Waals surface area contributed by atoms with E-state index < -0.39 is 0 Å². The van der Waals surface area contributed by atoms with Crippen molar-refractivity contribution in [1.29, 1.82) is 0 Å². The maximum atomic E-state index is 11.8. The molecule has 2 rings (SSSR count). The van der Waals surface area contributed by atoms with E-state index in [0.29, 0.717) is 30.9 Å². The van der Waals surface area contributed by atoms with E-state index in [-0.39, 0.29) is 11.6 Å². The van der Waals surface area contributed by atoms with Crippen molar-refractivity contribution >= 4 is 11.6 Å². The second kappa shape index (κ2) is 5.60. The van der Waals surface area contributed by atoms with Crippen LogP contribution in [0.25, 0.3) is 0 Å². The second-order valence-corrected chi connectivity index (χ2v) is 4.42. The number of rotatable bonds is 6. The number of carbonyl (C=O) groups is 2. The van der Waals surface area contributed by atoms with Gasteiger partial charge in [-0.15, -0.1) is 0 Å². The lowest BCUT2D eigenvalue weighted by atomic mass is 10.1. The van der Waals surface area contributed by atoms with E-state index >= 15 is 0 Å². The summed E-state index contributed by atoms with van der Waals surface area (Å²) in [5, 5.41) is 0. The van der Waals surface area contributed by atoms with Crippen LogP contribution in [0.15, 0.2) is 24.8 Å². The highest BCUT2D eigenvalue weighted by Gasteiger charge is 2.14. The summed E-state index contributed by atoms with van der Waals surface area (Å²) in [6, 6.07) is 0. The summed E-state index contributed by atoms with van der Waals surface area (Å²) in [5.74, 6) is 0.786. The average Bonchev–Trinajstić information content (AvgIpc) is 2.97. The summed E-state index contributed by atoms with van der Waals surface area (Å²) < 4.78 is 3.37. The van der Waals surface area contributed by atoms with Crippen molar-refractivity contribution in [1.82, 2.24) is 19.1 Å². The molecule has 19 heavy (non-hydrogen) atoms. The van der Waals surface area contributed by atoms with Crippen molar-refractivity contribution in [2.24, 2.45) is 14.1 Å². The number of hydrogen-bond donors (Lipinski definition) is 0. The molecule has 6 nitrogen and oxygen atoms in total. The number of aryl methyl sites for hydroxylation is 2. The highest BCUT2D eigenvalue weighted by molar-refractivity contribution is 5.95. The van der Waals surface area contributed by atoms with Crippen LogP contribution in [0.5, 0.6) is 0 Å². The first-order valence-electron chi connectivity index (χ1n) is 6.10. The minimum atomic E-state index is -0.0415. The molecule has 0 aliphatic heterocycles. The van der Waals surface area contributed by atoms with Crippen molar-refractivity contribution in [3.8, 4) is 0 Å². The number of imidazole rings is 2. The molecule has 0 saturated heterocycles. The fourth-order valence-corrected chi connectivity index (χ4v) is 1.90. The summed E-state index contributed by atoms with van der Waals surface area (Å²) in [4.78, 5) is 31.7. The number of carbonyl (C=O) groups excluding carboxylic acids is 2. The number of Topliss-reactive ketones (excluding diaryl/α,β-unsaturated/α-hetero) is 2. The Balaban J connectivity index is 1.85. The SMILES string of the molecule is Cn1ccnc1C(=O)CCCC(=O)c1nccn1C. The smallest absolute Gasteiger partial charge is 0.198 e. The van der Waals surface area contributed by atoms with Crippen LogP contribution in [0.4, 0.5) is 0 Å². The van der Waals surface area contributed by atoms with Crippen LogP contribution in [0, 0.1) is 0 Å². The molecule has 0 N–H and O–H groups in total. The third-order valence-electron chi connectivity index (χ3n) is 2.95. The number of ketones is 2. The zero-order chi connectivity index (χ0) is 13.8. The third-order valence-corrected chi connectivity index (χ3v) is 2.95. The van der Waals surface area contributed by atoms with Gasteiger partial charge in [0.2, 0.25) is 0 Å². The molecular formula is C13H16N4O2. The van der Waals surface area contributed by atoms with Crippen molar-refractivity contribution < 1.29 is 9.59 Å². The molecule has 0 saturated carbocycles. The third kappa shape index (κ3) is 2.96. The minimum Gasteiger partial charge on any atom is -0.332 e. The van der Waals surface area contributed by atoms with Gasteiger partial charge in [-0.05, 0) is 6.42 Å². The number of aromatic nitrogens is 4. The van der Waals surface area contributed by atoms with E-state index in [4.69, 9.17) is 0 Å². The van der Waals surface area contributed by atoms with Gasteiger partial charge in [-0.1, -0.05) is 0 Å². The van der Waals surface area contributed by atoms with Crippen LogP contribution in [0.2, 0.25) is 0 Å². The first-order valence-corrected chi connectivity index (χ1v) is 6.10. The molecule has 2 aromatic heterocycles. The first kappa shape index (κ1) is 13.2. The largest absolute Gasteiger partial charge is 0.332 e. The molecule has 0 aliphatic carbocycles. The predicted molar refractivity (Wildman–Crippen MR) is 68.9 cm³/mol. The zero-order valence-electron chi connectivity index (χ0n) is 11.0. The van der Waals surface area contributed by atoms with Gasteiger partial charge in [0.1, 0.15) is 0 Å². The average molecular weight is 260 g/mol. The van der Waals surface area contributed by atoms with Crippen molar-refractivity contribution in [3.63, 3.8) is 0 Å². The van der Waals surface area contributed by atoms with Gasteiger partial charge in [-0.3, -0.25) is 9.59 Å². The number of nitrogens with zero attached hydrogens (tertiary/aromatic N) is 4. The Labute approximate surface area is 111 Å². The Morgan fingerprint density at radius 2 is 1.37 bits per heavy atom. The minimum absolute atomic E-state index is 0.0415. The van der Waals surface area contributed by atoms with E-state index in [1.165, 1.54) is 0 Å². The first-order chi connectivity index (χ1) is 9.09. The van der Waals surface area contributed by atoms with Gasteiger partial charge in [-0.25, -0.2) is 9.97 Å². The molecule has 0 unspecified atom stereocenters. The van der Waals surface area contributed by atoms with E-state index in [2.05, 4.69) is 9.97 Å². The van der Waals surface area contributed by atoms with Crippen molar-refractivity contribution in [3.05, 3.63) is 36.4 Å². The van der Waals surface area contributed by atoms with Crippen LogP contribution < -0.4 is 0 Å². The van der Waals surface area contributed by atoms with Crippen LogP contribution in [0.1, 0.15) is 40.5 Å². The van der Waals surface area contributed by atoms with E-state index in [0.717, 1.165) is 0 Å². The van der Waals surface area contributed by atoms with E-state index in [1.807, 2.05) is 0 Å². The summed E-state index contributed by atoms with van der Waals surface area (Å²) in [7, 11) is 3.55. The Morgan fingerprint density at radius 1 is 0.947 bits per heavy atom. The molecule has 100 valence electrons. The van der Waals surface area contributed by atoms with Crippen molar-refractivity contribution in [2.75, 3.05) is 0 Å². The topological polar surface area (TPSA) is 69.8 Å². The van der Waals surface area contributed by atoms with Gasteiger partial charge in [0.05, 0.1) is 0 Å². The Hall–Kier alpha value is -2.24. The molecule has 2 aromatic rings. The maximum Gasteiger partial charge on any atom is 0.198 e. The molecule has 0 fully saturated rings. The molecule has 0 bridgehead atoms. The monoisotopic (exact) mass is 260 g/mol. The quantitative estimate of drug-likeness (QED) is 0.736. The standard InChI is InChI=1S/C13H16N4O2/c1-16-8-6-14-12(16)10(18)4-3-5-11(19)13-15-7-9-17(13)2/h6-9H,3-5H2,1-2H3. The van der Waals surface area contributed by atoms with Crippen LogP contribution in [-0.4, -0.2) is 30.7 Å². The molecular weight excluding hydrogens is 244 g/mol. The zero-order valence-corrected chi connectivity index (χ0v) is 11.0. The highest BCUT2D eigenvalue weighted by atomic mass is 16.1. The molecule has 0 aliphatic rings. The van der Waals surface area contributed by atoms with Crippen molar-refractivity contribution in [2.45, 2.75) is 19.3 Å². The summed E-state index contributed by atoms with van der Waals surface area (Å²) in [6.45, 7) is 0. The summed E-state index contributed by atoms with van der Waals surface area (Å²) in [5.41, 5.74) is 0. The Bertz CT molecular complexity index is 545. The van der Waals surface area contributed by atoms with Gasteiger partial charge in [0.15, 0.2) is 23.2 Å². The van der Waals surface area contributed by atoms with Crippen LogP contribution in [-0.2, 0) is 14.1 Å². The Morgan fingerprint density at radius 3 is 1.68 bits per heavy atom. The van der Waals surface area contributed by atoms with Gasteiger partial charge >= 0.3 is 0 Å². The molecule has 0 atom stereocenters. The Kier molecular flexibility index (Phi) is 3.89. The predicted octanol–water partition coefficient (Wildman–Crippen LogP) is 1.39. The molecule has 2 heterocycles. The fourth-order valence-electron chi connectivity index (χ4n) is 1.90. The summed E-state index contributed by atoms with van der Waals surface area (Å²) in [6.07, 6.45) is 7.79. The normalized spacial score (nSPS) is 10.6. The lowest BCUT2D eigenvalue weighted by Crippen LogP contribution is -2.10. The number of hydrogen-bond acceptors (Lipinski definition) is 4. The summed E-state index contributed by atoms with van der Waals surface area (Å²) >= 11 is 0. The molecule has 0 radical (unpaired) electrons. The van der Waals surface area contributed by atoms with Gasteiger partial charge in [0, 0.05) is 51.7 Å². The molecule has 0 spiro atoms. The van der Waals surface area contributed by atoms with Crippen LogP contribution in [0.3, 0.4) is 0 Å². The van der Waals surface area contributed by atoms with Gasteiger partial charge in [-0.2, -0.15) is 0 Å². The lowest BCUT2D eigenvalue weighted by molar-refractivity contribution is 0.0943. The van der Waals surface area contributed by atoms with Gasteiger partial charge in [0.25, 0.3) is 0 Å². The lowest BCUT2D eigenvalue weighted by Gasteiger charge is -2.02.